The van der Waals surface area contributed by atoms with Gasteiger partial charge < -0.3 is 29.9 Å². The number of rotatable bonds is 8. The van der Waals surface area contributed by atoms with Gasteiger partial charge in [0.05, 0.1) is 29.5 Å². The van der Waals surface area contributed by atoms with Crippen molar-refractivity contribution in [3.63, 3.8) is 0 Å². The van der Waals surface area contributed by atoms with Crippen LogP contribution in [0.1, 0.15) is 86.3 Å². The first kappa shape index (κ1) is 74.1. The first-order valence-electron chi connectivity index (χ1n) is 35.5. The molecule has 2 aliphatic carbocycles. The number of aromatic amines is 6. The number of benzene rings is 10. The van der Waals surface area contributed by atoms with Crippen LogP contribution in [0.15, 0.2) is 231 Å². The van der Waals surface area contributed by atoms with E-state index in [9.17, 15) is 60.7 Å². The number of fused-ring (bicyclic) bond motifs is 14. The number of hydrogen-bond acceptors (Lipinski definition) is 12. The molecular weight excluding hydrogens is 1390 g/mol. The Balaban J connectivity index is 0.000000116. The molecule has 110 heavy (non-hydrogen) atoms. The summed E-state index contributed by atoms with van der Waals surface area (Å²) in [6.45, 7) is 16.6. The van der Waals surface area contributed by atoms with E-state index in [4.69, 9.17) is 0 Å². The molecular formula is C86H76N12O12. The lowest BCUT2D eigenvalue weighted by molar-refractivity contribution is -0.384. The molecule has 0 spiro atoms. The number of non-ortho nitro benzene ring substituents is 6. The number of nitro benzene ring substituents is 6. The van der Waals surface area contributed by atoms with E-state index in [0.29, 0.717) is 0 Å². The summed E-state index contributed by atoms with van der Waals surface area (Å²) in [5.74, 6) is 0. The van der Waals surface area contributed by atoms with Crippen LogP contribution in [-0.2, 0) is 36.5 Å². The molecule has 6 heterocycles. The fourth-order valence-corrected chi connectivity index (χ4v) is 14.2. The number of hydrogen-bond donors (Lipinski definition) is 6. The first-order chi connectivity index (χ1) is 52.6. The number of nitrogens with one attached hydrogen (secondary N) is 6. The average Bonchev–Trinajstić information content (AvgIpc) is 1.61. The number of nitrogens with zero attached hydrogens (tertiary/aromatic N) is 6. The van der Waals surface area contributed by atoms with E-state index in [1.165, 1.54) is 63.3 Å². The summed E-state index contributed by atoms with van der Waals surface area (Å²) >= 11 is 0. The van der Waals surface area contributed by atoms with E-state index in [0.717, 1.165) is 142 Å². The van der Waals surface area contributed by atoms with Crippen molar-refractivity contribution in [2.24, 2.45) is 0 Å². The molecule has 10 aromatic carbocycles. The first-order valence-corrected chi connectivity index (χ1v) is 35.5. The van der Waals surface area contributed by atoms with Crippen molar-refractivity contribution < 1.29 is 29.5 Å². The summed E-state index contributed by atoms with van der Waals surface area (Å²) in [4.78, 5) is 82.6. The fourth-order valence-electron chi connectivity index (χ4n) is 14.2. The quantitative estimate of drug-likeness (QED) is 0.0611. The molecule has 0 amide bonds. The smallest absolute Gasteiger partial charge is 0.270 e. The molecule has 0 unspecified atom stereocenters. The van der Waals surface area contributed by atoms with Crippen molar-refractivity contribution in [1.29, 1.82) is 0 Å². The van der Waals surface area contributed by atoms with Crippen molar-refractivity contribution in [3.8, 4) is 44.9 Å². The molecule has 18 rings (SSSR count). The molecule has 24 heteroatoms. The fraction of sp³-hybridized carbons (Fsp3) is 0.163. The Labute approximate surface area is 628 Å². The monoisotopic (exact) mass is 1470 g/mol. The average molecular weight is 1470 g/mol. The van der Waals surface area contributed by atoms with Crippen LogP contribution in [0, 0.1) is 74.5 Å². The van der Waals surface area contributed by atoms with E-state index in [-0.39, 0.29) is 74.5 Å². The van der Waals surface area contributed by atoms with Gasteiger partial charge in [-0.05, 0) is 138 Å². The minimum Gasteiger partial charge on any atom is -0.361 e. The highest BCUT2D eigenvalue weighted by Gasteiger charge is 2.26. The zero-order valence-corrected chi connectivity index (χ0v) is 61.3. The number of nitro groups is 6. The summed E-state index contributed by atoms with van der Waals surface area (Å²) in [5, 5.41) is 70.4. The lowest BCUT2D eigenvalue weighted by Crippen LogP contribution is -2.10. The Hall–Kier alpha value is -14.2. The van der Waals surface area contributed by atoms with Gasteiger partial charge in [-0.25, -0.2) is 0 Å². The molecule has 0 radical (unpaired) electrons. The standard InChI is InChI=1S/2C16H12N2O2.C16H14N2O2.C14H10N2O2.2C12H14N2O2/c19-18(20)11-6-8-14-13(9-11)16-12-4-2-1-3-10(12)5-7-15(16)17-14;19-18(20)11-6-8-15-14(9-11)13-7-5-10-3-1-2-4-12(10)16(13)17-15;1-10-5-3-4-6-13(10)16-11(2)14-9-12(18(19)20)7-8-15(14)17-16;17-16(18)12-6-7-13-11(8-12)9-14(15-13)10-4-2-1-3-5-10;1-12(2,3)11-7-8-6-9(14(15)16)4-5-10(8)13-11;1-12(2,3)10-7-13-11-5-4-8(14(15)16)6-9(10)11/h2*1-4,6,8-9,17H,5,7H2;3-9,17H,1-2H3;1-9,15H;2*4-7,13H,1-3H3. The van der Waals surface area contributed by atoms with Crippen LogP contribution in [0.5, 0.6) is 0 Å². The summed E-state index contributed by atoms with van der Waals surface area (Å²) in [7, 11) is 0. The van der Waals surface area contributed by atoms with Crippen LogP contribution < -0.4 is 0 Å². The lowest BCUT2D eigenvalue weighted by atomic mass is 9.87. The molecule has 0 bridgehead atoms. The predicted molar refractivity (Wildman–Crippen MR) is 433 cm³/mol. The second-order valence-corrected chi connectivity index (χ2v) is 29.2. The number of aromatic nitrogens is 6. The maximum absolute atomic E-state index is 11.0. The highest BCUT2D eigenvalue weighted by atomic mass is 16.6. The Morgan fingerprint density at radius 1 is 0.345 bits per heavy atom. The molecule has 552 valence electrons. The van der Waals surface area contributed by atoms with E-state index >= 15 is 0 Å². The van der Waals surface area contributed by atoms with Gasteiger partial charge in [0.25, 0.3) is 34.1 Å². The molecule has 0 atom stereocenters. The predicted octanol–water partition coefficient (Wildman–Crippen LogP) is 22.5. The second kappa shape index (κ2) is 30.4. The number of aryl methyl sites for hydroxylation is 6. The maximum Gasteiger partial charge on any atom is 0.270 e. The van der Waals surface area contributed by atoms with E-state index in [1.54, 1.807) is 84.9 Å². The van der Waals surface area contributed by atoms with E-state index in [1.807, 2.05) is 85.9 Å². The number of H-pyrrole nitrogens is 6. The Bertz CT molecular complexity index is 6260. The topological polar surface area (TPSA) is 354 Å². The van der Waals surface area contributed by atoms with Crippen LogP contribution in [0.2, 0.25) is 0 Å². The van der Waals surface area contributed by atoms with Crippen LogP contribution >= 0.6 is 0 Å². The van der Waals surface area contributed by atoms with Crippen molar-refractivity contribution in [1.82, 2.24) is 29.9 Å². The molecule has 6 N–H and O–H groups in total. The van der Waals surface area contributed by atoms with Gasteiger partial charge in [-0.1, -0.05) is 145 Å². The van der Waals surface area contributed by atoms with E-state index in [2.05, 4.69) is 121 Å². The summed E-state index contributed by atoms with van der Waals surface area (Å²) in [6, 6.07) is 68.1. The third-order valence-electron chi connectivity index (χ3n) is 19.9. The van der Waals surface area contributed by atoms with Crippen molar-refractivity contribution >= 4 is 99.5 Å². The van der Waals surface area contributed by atoms with Gasteiger partial charge in [-0.3, -0.25) is 60.7 Å². The Morgan fingerprint density at radius 3 is 1.35 bits per heavy atom. The molecule has 0 saturated heterocycles. The normalized spacial score (nSPS) is 11.9. The molecule has 2 aliphatic rings. The van der Waals surface area contributed by atoms with E-state index < -0.39 is 0 Å². The zero-order valence-electron chi connectivity index (χ0n) is 61.3. The highest BCUT2D eigenvalue weighted by Crippen LogP contribution is 2.42. The van der Waals surface area contributed by atoms with Gasteiger partial charge in [0.15, 0.2) is 0 Å². The third kappa shape index (κ3) is 15.6. The van der Waals surface area contributed by atoms with Gasteiger partial charge >= 0.3 is 0 Å². The Morgan fingerprint density at radius 2 is 0.782 bits per heavy atom. The largest absolute Gasteiger partial charge is 0.361 e. The van der Waals surface area contributed by atoms with Gasteiger partial charge in [0.1, 0.15) is 0 Å². The van der Waals surface area contributed by atoms with Crippen LogP contribution in [0.3, 0.4) is 0 Å². The summed E-state index contributed by atoms with van der Waals surface area (Å²) in [6.07, 6.45) is 5.80. The van der Waals surface area contributed by atoms with Crippen molar-refractivity contribution in [2.45, 2.75) is 91.9 Å². The SMILES string of the molecule is CC(C)(C)c1c[nH]c2ccc([N+](=O)[O-])cc12.CC(C)(C)c1cc2cc([N+](=O)[O-])ccc2[nH]1.Cc1ccccc1-c1[nH]c2ccc([N+](=O)[O-])cc2c1C.O=[N+]([O-])c1ccc2[nH]c(-c3ccccc3)cc2c1.O=[N+]([O-])c1ccc2[nH]c3c(c2c1)-c1ccccc1CC3.O=[N+]([O-])c1ccc2[nH]c3c(c2c1)CCc1ccccc1-3. The molecule has 24 nitrogen and oxygen atoms in total. The molecule has 6 aromatic heterocycles. The van der Waals surface area contributed by atoms with Gasteiger partial charge in [0, 0.05) is 195 Å². The minimum absolute atomic E-state index is 0.0204. The minimum atomic E-state index is -0.380. The molecule has 0 aliphatic heterocycles. The molecule has 0 saturated carbocycles. The Kier molecular flexibility index (Phi) is 20.5. The second-order valence-electron chi connectivity index (χ2n) is 29.2. The summed E-state index contributed by atoms with van der Waals surface area (Å²) < 4.78 is 0. The van der Waals surface area contributed by atoms with Crippen molar-refractivity contribution in [3.05, 3.63) is 336 Å². The lowest BCUT2D eigenvalue weighted by Gasteiger charge is -2.17. The third-order valence-corrected chi connectivity index (χ3v) is 19.9. The van der Waals surface area contributed by atoms with Gasteiger partial charge in [-0.2, -0.15) is 0 Å². The van der Waals surface area contributed by atoms with Gasteiger partial charge in [0.2, 0.25) is 0 Å². The zero-order chi connectivity index (χ0) is 78.0. The highest BCUT2D eigenvalue weighted by molar-refractivity contribution is 6.00. The molecule has 16 aromatic rings. The van der Waals surface area contributed by atoms with Crippen LogP contribution in [0.25, 0.3) is 110 Å². The molecule has 0 fully saturated rings. The van der Waals surface area contributed by atoms with Gasteiger partial charge in [-0.15, -0.1) is 0 Å². The van der Waals surface area contributed by atoms with Crippen LogP contribution in [-0.4, -0.2) is 59.4 Å². The maximum atomic E-state index is 11.0. The van der Waals surface area contributed by atoms with Crippen molar-refractivity contribution in [2.75, 3.05) is 0 Å². The van der Waals surface area contributed by atoms with Crippen LogP contribution in [0.4, 0.5) is 34.1 Å². The summed E-state index contributed by atoms with van der Waals surface area (Å²) in [5.41, 5.74) is 24.7.